The molecule has 0 aliphatic carbocycles. The zero-order chi connectivity index (χ0) is 13.3. The average Bonchev–Trinajstić information content (AvgIpc) is 2.75. The summed E-state index contributed by atoms with van der Waals surface area (Å²) in [6.07, 6.45) is -4.37. The van der Waals surface area contributed by atoms with Crippen molar-refractivity contribution in [3.05, 3.63) is 47.5 Å². The molecule has 0 saturated carbocycles. The van der Waals surface area contributed by atoms with Gasteiger partial charge in [-0.1, -0.05) is 6.07 Å². The lowest BCUT2D eigenvalue weighted by atomic mass is 10.0. The van der Waals surface area contributed by atoms with Crippen molar-refractivity contribution < 1.29 is 26.8 Å². The van der Waals surface area contributed by atoms with Gasteiger partial charge in [-0.25, -0.2) is 4.39 Å². The van der Waals surface area contributed by atoms with Crippen molar-refractivity contribution in [2.75, 3.05) is 0 Å². The van der Waals surface area contributed by atoms with Crippen molar-refractivity contribution in [1.29, 1.82) is 0 Å². The molecule has 0 unspecified atom stereocenters. The minimum absolute atomic E-state index is 0.165. The van der Waals surface area contributed by atoms with Gasteiger partial charge in [-0.15, -0.1) is 0 Å². The van der Waals surface area contributed by atoms with E-state index in [-0.39, 0.29) is 11.5 Å². The lowest BCUT2D eigenvalue weighted by Crippen LogP contribution is -2.08. The number of aldehydes is 1. The van der Waals surface area contributed by atoms with Gasteiger partial charge in [-0.3, -0.25) is 4.79 Å². The summed E-state index contributed by atoms with van der Waals surface area (Å²) in [6.45, 7) is 0. The van der Waals surface area contributed by atoms with E-state index in [1.807, 2.05) is 0 Å². The summed E-state index contributed by atoms with van der Waals surface area (Å²) in [5, 5.41) is 0. The monoisotopic (exact) mass is 258 g/mol. The Morgan fingerprint density at radius 2 is 1.83 bits per heavy atom. The van der Waals surface area contributed by atoms with E-state index in [4.69, 9.17) is 4.42 Å². The summed E-state index contributed by atoms with van der Waals surface area (Å²) in [4.78, 5) is 10.4. The Morgan fingerprint density at radius 1 is 1.11 bits per heavy atom. The Morgan fingerprint density at radius 3 is 2.39 bits per heavy atom. The van der Waals surface area contributed by atoms with Gasteiger partial charge in [0.25, 0.3) is 0 Å². The highest BCUT2D eigenvalue weighted by atomic mass is 19.4. The molecule has 94 valence electrons. The van der Waals surface area contributed by atoms with Gasteiger partial charge < -0.3 is 4.42 Å². The second-order valence-electron chi connectivity index (χ2n) is 3.48. The molecule has 2 rings (SSSR count). The van der Waals surface area contributed by atoms with Crippen LogP contribution in [0.5, 0.6) is 0 Å². The average molecular weight is 258 g/mol. The van der Waals surface area contributed by atoms with Crippen molar-refractivity contribution in [1.82, 2.24) is 0 Å². The molecule has 0 saturated heterocycles. The Hall–Kier alpha value is -2.11. The number of alkyl halides is 3. The Bertz CT molecular complexity index is 584. The first-order chi connectivity index (χ1) is 8.43. The molecular weight excluding hydrogens is 252 g/mol. The Kier molecular flexibility index (Phi) is 2.94. The fraction of sp³-hybridized carbons (Fsp3) is 0.0833. The van der Waals surface area contributed by atoms with E-state index in [0.717, 1.165) is 24.3 Å². The quantitative estimate of drug-likeness (QED) is 0.603. The van der Waals surface area contributed by atoms with E-state index in [2.05, 4.69) is 0 Å². The van der Waals surface area contributed by atoms with Crippen molar-refractivity contribution in [2.24, 2.45) is 0 Å². The van der Waals surface area contributed by atoms with Crippen LogP contribution in [-0.2, 0) is 6.18 Å². The molecule has 0 fully saturated rings. The normalized spacial score (nSPS) is 11.6. The van der Waals surface area contributed by atoms with Crippen LogP contribution in [0, 0.1) is 5.82 Å². The predicted octanol–water partition coefficient (Wildman–Crippen LogP) is 3.92. The number of hydrogen-bond donors (Lipinski definition) is 0. The number of hydrogen-bond acceptors (Lipinski definition) is 2. The van der Waals surface area contributed by atoms with Gasteiger partial charge in [-0.2, -0.15) is 13.2 Å². The molecule has 0 aliphatic rings. The summed E-state index contributed by atoms with van der Waals surface area (Å²) in [5.41, 5.74) is -1.84. The van der Waals surface area contributed by atoms with Gasteiger partial charge in [0.1, 0.15) is 11.6 Å². The maximum absolute atomic E-state index is 13.5. The van der Waals surface area contributed by atoms with Crippen LogP contribution in [0.25, 0.3) is 11.3 Å². The zero-order valence-corrected chi connectivity index (χ0v) is 8.79. The number of benzene rings is 1. The van der Waals surface area contributed by atoms with Gasteiger partial charge in [0.05, 0.1) is 11.1 Å². The standard InChI is InChI=1S/C12H6F4O2/c13-9-3-1-2-8(12(14,15)16)11(9)10-5-4-7(6-17)18-10/h1-6H. The van der Waals surface area contributed by atoms with Crippen LogP contribution in [0.4, 0.5) is 17.6 Å². The van der Waals surface area contributed by atoms with Crippen molar-refractivity contribution in [2.45, 2.75) is 6.18 Å². The molecule has 0 atom stereocenters. The molecule has 0 radical (unpaired) electrons. The molecule has 2 nitrogen and oxygen atoms in total. The summed E-state index contributed by atoms with van der Waals surface area (Å²) in [7, 11) is 0. The van der Waals surface area contributed by atoms with Gasteiger partial charge in [0, 0.05) is 0 Å². The van der Waals surface area contributed by atoms with E-state index in [1.165, 1.54) is 6.07 Å². The number of furan rings is 1. The van der Waals surface area contributed by atoms with Crippen LogP contribution in [0.3, 0.4) is 0 Å². The third-order valence-electron chi connectivity index (χ3n) is 2.31. The number of carbonyl (C=O) groups is 1. The summed E-state index contributed by atoms with van der Waals surface area (Å²) in [6, 6.07) is 4.91. The third kappa shape index (κ3) is 2.13. The summed E-state index contributed by atoms with van der Waals surface area (Å²) < 4.78 is 56.5. The fourth-order valence-corrected chi connectivity index (χ4v) is 1.56. The highest BCUT2D eigenvalue weighted by molar-refractivity contribution is 5.73. The molecule has 1 aromatic carbocycles. The summed E-state index contributed by atoms with van der Waals surface area (Å²) >= 11 is 0. The lowest BCUT2D eigenvalue weighted by Gasteiger charge is -2.11. The van der Waals surface area contributed by atoms with Crippen LogP contribution < -0.4 is 0 Å². The maximum Gasteiger partial charge on any atom is 0.417 e. The molecule has 2 aromatic rings. The van der Waals surface area contributed by atoms with E-state index < -0.39 is 23.1 Å². The smallest absolute Gasteiger partial charge is 0.417 e. The minimum Gasteiger partial charge on any atom is -0.453 e. The van der Waals surface area contributed by atoms with Crippen LogP contribution in [0.2, 0.25) is 0 Å². The molecule has 0 bridgehead atoms. The number of halogens is 4. The molecular formula is C12H6F4O2. The van der Waals surface area contributed by atoms with Crippen molar-refractivity contribution in [3.63, 3.8) is 0 Å². The SMILES string of the molecule is O=Cc1ccc(-c2c(F)cccc2C(F)(F)F)o1. The molecule has 0 aliphatic heterocycles. The molecule has 6 heteroatoms. The van der Waals surface area contributed by atoms with E-state index in [1.54, 1.807) is 0 Å². The minimum atomic E-state index is -4.70. The Labute approximate surface area is 98.8 Å². The zero-order valence-electron chi connectivity index (χ0n) is 8.79. The first-order valence-electron chi connectivity index (χ1n) is 4.84. The van der Waals surface area contributed by atoms with Crippen LogP contribution in [-0.4, -0.2) is 6.29 Å². The van der Waals surface area contributed by atoms with Crippen LogP contribution >= 0.6 is 0 Å². The molecule has 0 spiro atoms. The first kappa shape index (κ1) is 12.3. The molecule has 0 amide bonds. The highest BCUT2D eigenvalue weighted by Crippen LogP contribution is 2.38. The van der Waals surface area contributed by atoms with Gasteiger partial charge >= 0.3 is 6.18 Å². The largest absolute Gasteiger partial charge is 0.453 e. The second-order valence-corrected chi connectivity index (χ2v) is 3.48. The van der Waals surface area contributed by atoms with Crippen molar-refractivity contribution >= 4 is 6.29 Å². The van der Waals surface area contributed by atoms with Gasteiger partial charge in [-0.05, 0) is 24.3 Å². The van der Waals surface area contributed by atoms with Gasteiger partial charge in [0.2, 0.25) is 0 Å². The topological polar surface area (TPSA) is 30.2 Å². The first-order valence-corrected chi connectivity index (χ1v) is 4.84. The molecule has 0 N–H and O–H groups in total. The van der Waals surface area contributed by atoms with Crippen LogP contribution in [0.15, 0.2) is 34.7 Å². The molecule has 18 heavy (non-hydrogen) atoms. The Balaban J connectivity index is 2.65. The number of carbonyl (C=O) groups excluding carboxylic acids is 1. The van der Waals surface area contributed by atoms with E-state index in [0.29, 0.717) is 6.29 Å². The van der Waals surface area contributed by atoms with Crippen LogP contribution in [0.1, 0.15) is 16.1 Å². The lowest BCUT2D eigenvalue weighted by molar-refractivity contribution is -0.137. The maximum atomic E-state index is 13.5. The summed E-state index contributed by atoms with van der Waals surface area (Å²) in [5.74, 6) is -1.56. The van der Waals surface area contributed by atoms with Crippen molar-refractivity contribution in [3.8, 4) is 11.3 Å². The number of rotatable bonds is 2. The van der Waals surface area contributed by atoms with E-state index >= 15 is 0 Å². The highest BCUT2D eigenvalue weighted by Gasteiger charge is 2.35. The third-order valence-corrected chi connectivity index (χ3v) is 2.31. The predicted molar refractivity (Wildman–Crippen MR) is 54.5 cm³/mol. The molecule has 1 aromatic heterocycles. The second kappa shape index (κ2) is 4.29. The van der Waals surface area contributed by atoms with Gasteiger partial charge in [0.15, 0.2) is 12.0 Å². The fourth-order valence-electron chi connectivity index (χ4n) is 1.56. The molecule has 1 heterocycles. The van der Waals surface area contributed by atoms with E-state index in [9.17, 15) is 22.4 Å².